The van der Waals surface area contributed by atoms with Crippen molar-refractivity contribution in [2.24, 2.45) is 0 Å². The Morgan fingerprint density at radius 3 is 2.52 bits per heavy atom. The van der Waals surface area contributed by atoms with E-state index in [-0.39, 0.29) is 17.7 Å². The Morgan fingerprint density at radius 2 is 1.81 bits per heavy atom. The zero-order valence-corrected chi connectivity index (χ0v) is 19.0. The number of aryl methyl sites for hydroxylation is 2. The van der Waals surface area contributed by atoms with Crippen molar-refractivity contribution in [3.05, 3.63) is 83.3 Å². The molecule has 0 spiro atoms. The SMILES string of the molecule is Cc1ccc([S@](=O)Cc2ccc(C(=O)N3CCN(c4cccc(C)c4)[C@@H](C)C3)o2)cc1. The Hall–Kier alpha value is -2.86. The second-order valence-electron chi connectivity index (χ2n) is 8.20. The predicted molar refractivity (Wildman–Crippen MR) is 124 cm³/mol. The summed E-state index contributed by atoms with van der Waals surface area (Å²) in [5.74, 6) is 1.03. The molecule has 0 N–H and O–H groups in total. The molecule has 31 heavy (non-hydrogen) atoms. The highest BCUT2D eigenvalue weighted by Crippen LogP contribution is 2.23. The van der Waals surface area contributed by atoms with Crippen LogP contribution in [0.3, 0.4) is 0 Å². The van der Waals surface area contributed by atoms with Gasteiger partial charge in [0.05, 0.1) is 16.6 Å². The molecule has 0 saturated carbocycles. The lowest BCUT2D eigenvalue weighted by molar-refractivity contribution is 0.0692. The number of rotatable bonds is 5. The molecule has 2 heterocycles. The molecule has 1 saturated heterocycles. The second kappa shape index (κ2) is 9.10. The zero-order valence-electron chi connectivity index (χ0n) is 18.2. The number of amides is 1. The molecule has 0 radical (unpaired) electrons. The van der Waals surface area contributed by atoms with E-state index in [9.17, 15) is 9.00 Å². The summed E-state index contributed by atoms with van der Waals surface area (Å²) in [6.45, 7) is 8.29. The van der Waals surface area contributed by atoms with E-state index in [4.69, 9.17) is 4.42 Å². The highest BCUT2D eigenvalue weighted by atomic mass is 32.2. The third-order valence-electron chi connectivity index (χ3n) is 5.68. The van der Waals surface area contributed by atoms with E-state index in [1.807, 2.05) is 36.1 Å². The van der Waals surface area contributed by atoms with Crippen molar-refractivity contribution in [2.75, 3.05) is 24.5 Å². The van der Waals surface area contributed by atoms with Gasteiger partial charge in [0.15, 0.2) is 5.76 Å². The molecule has 0 aliphatic carbocycles. The van der Waals surface area contributed by atoms with Crippen LogP contribution in [0.2, 0.25) is 0 Å². The van der Waals surface area contributed by atoms with Gasteiger partial charge in [0.25, 0.3) is 5.91 Å². The first kappa shape index (κ1) is 21.4. The summed E-state index contributed by atoms with van der Waals surface area (Å²) in [5.41, 5.74) is 3.55. The highest BCUT2D eigenvalue weighted by molar-refractivity contribution is 7.84. The van der Waals surface area contributed by atoms with Crippen LogP contribution in [0, 0.1) is 13.8 Å². The van der Waals surface area contributed by atoms with Gasteiger partial charge in [0, 0.05) is 36.3 Å². The van der Waals surface area contributed by atoms with Crippen LogP contribution in [0.5, 0.6) is 0 Å². The van der Waals surface area contributed by atoms with Crippen LogP contribution in [0.4, 0.5) is 5.69 Å². The molecule has 162 valence electrons. The van der Waals surface area contributed by atoms with Gasteiger partial charge >= 0.3 is 0 Å². The fourth-order valence-corrected chi connectivity index (χ4v) is 4.98. The Morgan fingerprint density at radius 1 is 1.03 bits per heavy atom. The number of hydrogen-bond acceptors (Lipinski definition) is 4. The van der Waals surface area contributed by atoms with Crippen molar-refractivity contribution in [3.8, 4) is 0 Å². The molecule has 3 aromatic rings. The van der Waals surface area contributed by atoms with Crippen LogP contribution >= 0.6 is 0 Å². The number of hydrogen-bond donors (Lipinski definition) is 0. The van der Waals surface area contributed by atoms with Crippen LogP contribution in [-0.4, -0.2) is 40.7 Å². The van der Waals surface area contributed by atoms with Gasteiger partial charge in [0.1, 0.15) is 5.76 Å². The van der Waals surface area contributed by atoms with Crippen molar-refractivity contribution in [1.29, 1.82) is 0 Å². The fourth-order valence-electron chi connectivity index (χ4n) is 3.96. The number of nitrogens with zero attached hydrogens (tertiary/aromatic N) is 2. The van der Waals surface area contributed by atoms with E-state index in [2.05, 4.69) is 43.0 Å². The van der Waals surface area contributed by atoms with Gasteiger partial charge in [-0.15, -0.1) is 0 Å². The van der Waals surface area contributed by atoms with Gasteiger partial charge in [-0.25, -0.2) is 0 Å². The van der Waals surface area contributed by atoms with E-state index in [0.717, 1.165) is 17.0 Å². The Balaban J connectivity index is 1.39. The van der Waals surface area contributed by atoms with Crippen molar-refractivity contribution in [2.45, 2.75) is 37.5 Å². The number of benzene rings is 2. The van der Waals surface area contributed by atoms with Crippen LogP contribution in [0.1, 0.15) is 34.4 Å². The van der Waals surface area contributed by atoms with Gasteiger partial charge in [-0.3, -0.25) is 9.00 Å². The van der Waals surface area contributed by atoms with Crippen LogP contribution in [-0.2, 0) is 16.6 Å². The normalized spacial score (nSPS) is 17.6. The lowest BCUT2D eigenvalue weighted by atomic mass is 10.1. The Kier molecular flexibility index (Phi) is 6.28. The molecule has 0 bridgehead atoms. The van der Waals surface area contributed by atoms with Gasteiger partial charge in [-0.05, 0) is 62.7 Å². The van der Waals surface area contributed by atoms with Gasteiger partial charge in [0.2, 0.25) is 0 Å². The summed E-state index contributed by atoms with van der Waals surface area (Å²) < 4.78 is 18.4. The summed E-state index contributed by atoms with van der Waals surface area (Å²) in [6.07, 6.45) is 0. The van der Waals surface area contributed by atoms with Gasteiger partial charge in [-0.2, -0.15) is 0 Å². The summed E-state index contributed by atoms with van der Waals surface area (Å²) in [4.78, 5) is 17.9. The summed E-state index contributed by atoms with van der Waals surface area (Å²) in [6, 6.07) is 19.8. The molecule has 4 rings (SSSR count). The average Bonchev–Trinajstić information content (AvgIpc) is 3.22. The summed E-state index contributed by atoms with van der Waals surface area (Å²) >= 11 is 0. The van der Waals surface area contributed by atoms with Crippen molar-refractivity contribution in [1.82, 2.24) is 4.90 Å². The van der Waals surface area contributed by atoms with E-state index >= 15 is 0 Å². The molecule has 2 aromatic carbocycles. The van der Waals surface area contributed by atoms with Crippen molar-refractivity contribution in [3.63, 3.8) is 0 Å². The number of carbonyl (C=O) groups excluding carboxylic acids is 1. The van der Waals surface area contributed by atoms with Crippen LogP contribution in [0.25, 0.3) is 0 Å². The average molecular weight is 437 g/mol. The van der Waals surface area contributed by atoms with Crippen LogP contribution < -0.4 is 4.90 Å². The fraction of sp³-hybridized carbons (Fsp3) is 0.320. The maximum atomic E-state index is 13.0. The third kappa shape index (κ3) is 4.90. The number of furan rings is 1. The predicted octanol–water partition coefficient (Wildman–Crippen LogP) is 4.56. The van der Waals surface area contributed by atoms with Gasteiger partial charge < -0.3 is 14.2 Å². The molecule has 1 amide bonds. The first-order valence-corrected chi connectivity index (χ1v) is 11.9. The molecule has 2 atom stereocenters. The van der Waals surface area contributed by atoms with E-state index in [1.54, 1.807) is 12.1 Å². The summed E-state index contributed by atoms with van der Waals surface area (Å²) in [7, 11) is -1.21. The molecule has 5 nitrogen and oxygen atoms in total. The first-order valence-electron chi connectivity index (χ1n) is 10.6. The number of piperazine rings is 1. The third-order valence-corrected chi connectivity index (χ3v) is 7.02. The quantitative estimate of drug-likeness (QED) is 0.589. The Bertz CT molecular complexity index is 1090. The topological polar surface area (TPSA) is 53.8 Å². The molecular weight excluding hydrogens is 408 g/mol. The smallest absolute Gasteiger partial charge is 0.289 e. The minimum Gasteiger partial charge on any atom is -0.455 e. The largest absolute Gasteiger partial charge is 0.455 e. The maximum absolute atomic E-state index is 13.0. The minimum absolute atomic E-state index is 0.108. The maximum Gasteiger partial charge on any atom is 0.289 e. The van der Waals surface area contributed by atoms with Crippen LogP contribution in [0.15, 0.2) is 70.0 Å². The summed E-state index contributed by atoms with van der Waals surface area (Å²) in [5, 5.41) is 0. The highest BCUT2D eigenvalue weighted by Gasteiger charge is 2.29. The molecule has 1 aliphatic rings. The monoisotopic (exact) mass is 436 g/mol. The van der Waals surface area contributed by atoms with E-state index in [1.165, 1.54) is 11.3 Å². The second-order valence-corrected chi connectivity index (χ2v) is 9.65. The molecule has 0 unspecified atom stereocenters. The molecule has 1 fully saturated rings. The Labute approximate surface area is 186 Å². The first-order chi connectivity index (χ1) is 14.9. The van der Waals surface area contributed by atoms with Gasteiger partial charge in [-0.1, -0.05) is 29.8 Å². The number of anilines is 1. The zero-order chi connectivity index (χ0) is 22.0. The van der Waals surface area contributed by atoms with Crippen molar-refractivity contribution < 1.29 is 13.4 Å². The standard InChI is InChI=1S/C25H28N2O3S/c1-18-7-10-23(11-8-18)31(29)17-22-9-12-24(30-22)25(28)26-13-14-27(20(3)16-26)21-6-4-5-19(2)15-21/h4-12,15,20H,13-14,16-17H2,1-3H3/t20-,31+/m0/s1. The van der Waals surface area contributed by atoms with E-state index in [0.29, 0.717) is 24.6 Å². The lowest BCUT2D eigenvalue weighted by Gasteiger charge is -2.41. The molecule has 6 heteroatoms. The molecular formula is C25H28N2O3S. The molecule has 1 aliphatic heterocycles. The number of carbonyl (C=O) groups is 1. The molecule has 1 aromatic heterocycles. The van der Waals surface area contributed by atoms with Crippen molar-refractivity contribution >= 4 is 22.4 Å². The minimum atomic E-state index is -1.21. The van der Waals surface area contributed by atoms with E-state index < -0.39 is 10.8 Å². The lowest BCUT2D eigenvalue weighted by Crippen LogP contribution is -2.53.